The van der Waals surface area contributed by atoms with Crippen molar-refractivity contribution in [2.45, 2.75) is 38.0 Å². The summed E-state index contributed by atoms with van der Waals surface area (Å²) >= 11 is 0. The summed E-state index contributed by atoms with van der Waals surface area (Å²) in [5.41, 5.74) is 0.916. The fourth-order valence-corrected chi connectivity index (χ4v) is 3.11. The van der Waals surface area contributed by atoms with Gasteiger partial charge in [0.2, 0.25) is 0 Å². The zero-order chi connectivity index (χ0) is 14.8. The second-order valence-electron chi connectivity index (χ2n) is 4.74. The van der Waals surface area contributed by atoms with E-state index in [0.717, 1.165) is 31.7 Å². The molecule has 0 radical (unpaired) electrons. The lowest BCUT2D eigenvalue weighted by Crippen LogP contribution is -2.10. The third kappa shape index (κ3) is 5.92. The van der Waals surface area contributed by atoms with Gasteiger partial charge in [0.05, 0.1) is 17.3 Å². The molecule has 1 rings (SSSR count). The molecule has 4 nitrogen and oxygen atoms in total. The first-order valence-electron chi connectivity index (χ1n) is 7.24. The molecule has 1 aromatic rings. The Hall–Kier alpha value is -1.07. The van der Waals surface area contributed by atoms with Gasteiger partial charge in [-0.25, -0.2) is 8.42 Å². The van der Waals surface area contributed by atoms with Crippen LogP contribution in [0.15, 0.2) is 29.2 Å². The number of ether oxygens (including phenoxy) is 1. The molecule has 1 N–H and O–H groups in total. The molecule has 0 aliphatic heterocycles. The molecule has 0 aliphatic rings. The van der Waals surface area contributed by atoms with Crippen LogP contribution in [0.5, 0.6) is 0 Å². The Morgan fingerprint density at radius 3 is 2.35 bits per heavy atom. The van der Waals surface area contributed by atoms with Crippen molar-refractivity contribution in [3.05, 3.63) is 24.3 Å². The van der Waals surface area contributed by atoms with Crippen LogP contribution in [0.25, 0.3) is 0 Å². The smallest absolute Gasteiger partial charge is 0.178 e. The lowest BCUT2D eigenvalue weighted by Gasteiger charge is -2.08. The Morgan fingerprint density at radius 2 is 1.75 bits per heavy atom. The van der Waals surface area contributed by atoms with Crippen LogP contribution in [0.2, 0.25) is 0 Å². The fourth-order valence-electron chi connectivity index (χ4n) is 1.78. The summed E-state index contributed by atoms with van der Waals surface area (Å²) in [6.07, 6.45) is 2.86. The van der Waals surface area contributed by atoms with E-state index in [9.17, 15) is 8.42 Å². The monoisotopic (exact) mass is 299 g/mol. The lowest BCUT2D eigenvalue weighted by atomic mass is 10.3. The second-order valence-corrected chi connectivity index (χ2v) is 6.85. The molecule has 20 heavy (non-hydrogen) atoms. The molecule has 0 saturated carbocycles. The molecule has 5 heteroatoms. The number of nitrogens with one attached hydrogen (secondary N) is 1. The van der Waals surface area contributed by atoms with E-state index >= 15 is 0 Å². The molecule has 0 aliphatic carbocycles. The van der Waals surface area contributed by atoms with E-state index in [0.29, 0.717) is 17.9 Å². The number of sulfone groups is 1. The van der Waals surface area contributed by atoms with E-state index in [-0.39, 0.29) is 5.75 Å². The summed E-state index contributed by atoms with van der Waals surface area (Å²) in [6.45, 7) is 6.19. The van der Waals surface area contributed by atoms with Crippen LogP contribution in [0.3, 0.4) is 0 Å². The van der Waals surface area contributed by atoms with E-state index in [4.69, 9.17) is 4.74 Å². The molecular weight excluding hydrogens is 274 g/mol. The predicted molar refractivity (Wildman–Crippen MR) is 83.0 cm³/mol. The zero-order valence-corrected chi connectivity index (χ0v) is 13.2. The highest BCUT2D eigenvalue weighted by Crippen LogP contribution is 2.15. The van der Waals surface area contributed by atoms with Gasteiger partial charge in [-0.1, -0.05) is 20.3 Å². The topological polar surface area (TPSA) is 55.4 Å². The standard InChI is InChI=1S/C15H25NO3S/c1-3-5-11-19-12-10-16-14-6-8-15(9-7-14)20(17,18)13-4-2/h6-9,16H,3-5,10-13H2,1-2H3. The molecule has 0 spiro atoms. The maximum Gasteiger partial charge on any atom is 0.178 e. The molecule has 0 saturated heterocycles. The largest absolute Gasteiger partial charge is 0.383 e. The van der Waals surface area contributed by atoms with Crippen molar-refractivity contribution in [3.63, 3.8) is 0 Å². The van der Waals surface area contributed by atoms with Crippen molar-refractivity contribution in [3.8, 4) is 0 Å². The number of anilines is 1. The number of hydrogen-bond donors (Lipinski definition) is 1. The highest BCUT2D eigenvalue weighted by Gasteiger charge is 2.12. The molecular formula is C15H25NO3S. The molecule has 0 bridgehead atoms. The normalized spacial score (nSPS) is 11.5. The number of benzene rings is 1. The average molecular weight is 299 g/mol. The first-order valence-corrected chi connectivity index (χ1v) is 8.89. The van der Waals surface area contributed by atoms with E-state index in [2.05, 4.69) is 12.2 Å². The molecule has 0 aromatic heterocycles. The van der Waals surface area contributed by atoms with E-state index in [1.54, 1.807) is 24.3 Å². The van der Waals surface area contributed by atoms with Gasteiger partial charge in [-0.3, -0.25) is 0 Å². The van der Waals surface area contributed by atoms with Crippen LogP contribution >= 0.6 is 0 Å². The van der Waals surface area contributed by atoms with Crippen molar-refractivity contribution in [2.24, 2.45) is 0 Å². The third-order valence-electron chi connectivity index (χ3n) is 2.90. The Bertz CT molecular complexity index is 468. The summed E-state index contributed by atoms with van der Waals surface area (Å²) in [5.74, 6) is 0.199. The Morgan fingerprint density at radius 1 is 1.05 bits per heavy atom. The SMILES string of the molecule is CCCCOCCNc1ccc(S(=O)(=O)CCC)cc1. The van der Waals surface area contributed by atoms with Gasteiger partial charge in [0.15, 0.2) is 9.84 Å². The molecule has 0 unspecified atom stereocenters. The molecule has 114 valence electrons. The Balaban J connectivity index is 2.39. The maximum absolute atomic E-state index is 11.9. The summed E-state index contributed by atoms with van der Waals surface area (Å²) in [7, 11) is -3.12. The van der Waals surface area contributed by atoms with Gasteiger partial charge in [-0.15, -0.1) is 0 Å². The van der Waals surface area contributed by atoms with Crippen LogP contribution in [-0.2, 0) is 14.6 Å². The predicted octanol–water partition coefficient (Wildman–Crippen LogP) is 3.10. The van der Waals surface area contributed by atoms with Crippen molar-refractivity contribution in [1.82, 2.24) is 0 Å². The highest BCUT2D eigenvalue weighted by molar-refractivity contribution is 7.91. The molecule has 0 heterocycles. The summed E-state index contributed by atoms with van der Waals surface area (Å²) < 4.78 is 29.2. The van der Waals surface area contributed by atoms with Crippen molar-refractivity contribution in [2.75, 3.05) is 30.8 Å². The van der Waals surface area contributed by atoms with Gasteiger partial charge in [0.25, 0.3) is 0 Å². The van der Waals surface area contributed by atoms with Crippen LogP contribution in [0, 0.1) is 0 Å². The minimum Gasteiger partial charge on any atom is -0.383 e. The van der Waals surface area contributed by atoms with Crippen LogP contribution in [0.4, 0.5) is 5.69 Å². The summed E-state index contributed by atoms with van der Waals surface area (Å²) in [4.78, 5) is 0.393. The Labute approximate surface area is 122 Å². The van der Waals surface area contributed by atoms with Gasteiger partial charge < -0.3 is 10.1 Å². The first-order chi connectivity index (χ1) is 9.60. The number of unbranched alkanes of at least 4 members (excludes halogenated alkanes) is 1. The Kier molecular flexibility index (Phi) is 7.62. The number of hydrogen-bond acceptors (Lipinski definition) is 4. The van der Waals surface area contributed by atoms with Crippen molar-refractivity contribution in [1.29, 1.82) is 0 Å². The first kappa shape index (κ1) is 17.0. The van der Waals surface area contributed by atoms with Gasteiger partial charge in [-0.05, 0) is 37.1 Å². The zero-order valence-electron chi connectivity index (χ0n) is 12.4. The second kappa shape index (κ2) is 8.97. The van der Waals surface area contributed by atoms with E-state index in [1.807, 2.05) is 6.92 Å². The lowest BCUT2D eigenvalue weighted by molar-refractivity contribution is 0.141. The van der Waals surface area contributed by atoms with Crippen molar-refractivity contribution < 1.29 is 13.2 Å². The van der Waals surface area contributed by atoms with Crippen LogP contribution < -0.4 is 5.32 Å². The molecule has 0 atom stereocenters. The van der Waals surface area contributed by atoms with Crippen LogP contribution in [0.1, 0.15) is 33.1 Å². The van der Waals surface area contributed by atoms with Gasteiger partial charge in [0.1, 0.15) is 0 Å². The van der Waals surface area contributed by atoms with Crippen LogP contribution in [-0.4, -0.2) is 33.9 Å². The summed E-state index contributed by atoms with van der Waals surface area (Å²) in [6, 6.07) is 6.92. The minimum absolute atomic E-state index is 0.199. The molecule has 0 fully saturated rings. The van der Waals surface area contributed by atoms with Gasteiger partial charge in [-0.2, -0.15) is 0 Å². The summed E-state index contributed by atoms with van der Waals surface area (Å²) in [5, 5.41) is 3.21. The molecule has 1 aromatic carbocycles. The van der Waals surface area contributed by atoms with Gasteiger partial charge in [0, 0.05) is 18.8 Å². The quantitative estimate of drug-likeness (QED) is 0.675. The highest BCUT2D eigenvalue weighted by atomic mass is 32.2. The fraction of sp³-hybridized carbons (Fsp3) is 0.600. The third-order valence-corrected chi connectivity index (χ3v) is 4.84. The van der Waals surface area contributed by atoms with Gasteiger partial charge >= 0.3 is 0 Å². The van der Waals surface area contributed by atoms with E-state index < -0.39 is 9.84 Å². The van der Waals surface area contributed by atoms with Crippen molar-refractivity contribution >= 4 is 15.5 Å². The minimum atomic E-state index is -3.12. The maximum atomic E-state index is 11.9. The molecule has 0 amide bonds. The average Bonchev–Trinajstić information content (AvgIpc) is 2.43. The van der Waals surface area contributed by atoms with E-state index in [1.165, 1.54) is 0 Å². The number of rotatable bonds is 10.